The molecular formula is C10H5ClF3NO2S. The van der Waals surface area contributed by atoms with Crippen LogP contribution in [0.25, 0.3) is 0 Å². The summed E-state index contributed by atoms with van der Waals surface area (Å²) in [5.41, 5.74) is -5.05. The first-order valence-electron chi connectivity index (χ1n) is 4.36. The number of benzene rings is 1. The zero-order valence-electron chi connectivity index (χ0n) is 8.84. The van der Waals surface area contributed by atoms with Crippen molar-refractivity contribution in [2.45, 2.75) is 10.4 Å². The van der Waals surface area contributed by atoms with Crippen molar-refractivity contribution in [1.29, 1.82) is 5.26 Å². The average molecular weight is 296 g/mol. The van der Waals surface area contributed by atoms with E-state index in [2.05, 4.69) is 4.74 Å². The predicted octanol–water partition coefficient (Wildman–Crippen LogP) is 3.61. The van der Waals surface area contributed by atoms with Gasteiger partial charge in [-0.25, -0.2) is 4.79 Å². The highest BCUT2D eigenvalue weighted by Gasteiger charge is 2.32. The second kappa shape index (κ2) is 5.50. The number of carbonyl (C=O) groups is 1. The quantitative estimate of drug-likeness (QED) is 0.618. The topological polar surface area (TPSA) is 50.1 Å². The molecule has 0 fully saturated rings. The lowest BCUT2D eigenvalue weighted by molar-refractivity contribution is -0.0328. The van der Waals surface area contributed by atoms with E-state index in [1.54, 1.807) is 6.07 Å². The highest BCUT2D eigenvalue weighted by Crippen LogP contribution is 2.40. The molecule has 0 saturated carbocycles. The summed E-state index contributed by atoms with van der Waals surface area (Å²) in [4.78, 5) is 10.9. The van der Waals surface area contributed by atoms with Crippen molar-refractivity contribution in [1.82, 2.24) is 0 Å². The minimum atomic E-state index is -4.58. The SMILES string of the molecule is COC(=O)c1cc(Cl)c(C#N)cc1SC(F)(F)F. The molecule has 1 aromatic rings. The Morgan fingerprint density at radius 1 is 1.50 bits per heavy atom. The molecule has 0 spiro atoms. The van der Waals surface area contributed by atoms with Gasteiger partial charge in [0.2, 0.25) is 0 Å². The summed E-state index contributed by atoms with van der Waals surface area (Å²) in [5, 5.41) is 8.58. The molecule has 96 valence electrons. The maximum absolute atomic E-state index is 12.3. The van der Waals surface area contributed by atoms with Crippen LogP contribution in [0.1, 0.15) is 15.9 Å². The second-order valence-corrected chi connectivity index (χ2v) is 4.49. The number of alkyl halides is 3. The lowest BCUT2D eigenvalue weighted by atomic mass is 10.1. The Morgan fingerprint density at radius 2 is 2.11 bits per heavy atom. The number of rotatable bonds is 2. The molecule has 0 atom stereocenters. The van der Waals surface area contributed by atoms with E-state index >= 15 is 0 Å². The third-order valence-corrected chi connectivity index (χ3v) is 2.92. The molecule has 0 bridgehead atoms. The van der Waals surface area contributed by atoms with Crippen molar-refractivity contribution < 1.29 is 22.7 Å². The van der Waals surface area contributed by atoms with Crippen molar-refractivity contribution in [2.24, 2.45) is 0 Å². The maximum atomic E-state index is 12.3. The van der Waals surface area contributed by atoms with Gasteiger partial charge in [-0.05, 0) is 23.9 Å². The highest BCUT2D eigenvalue weighted by atomic mass is 35.5. The van der Waals surface area contributed by atoms with Gasteiger partial charge in [0.25, 0.3) is 0 Å². The van der Waals surface area contributed by atoms with Gasteiger partial charge in [0.1, 0.15) is 6.07 Å². The van der Waals surface area contributed by atoms with Gasteiger partial charge < -0.3 is 4.74 Å². The molecule has 0 aliphatic rings. The van der Waals surface area contributed by atoms with Crippen LogP contribution in [-0.2, 0) is 4.74 Å². The first-order valence-corrected chi connectivity index (χ1v) is 5.55. The zero-order valence-corrected chi connectivity index (χ0v) is 10.4. The maximum Gasteiger partial charge on any atom is 0.446 e. The molecule has 0 aromatic heterocycles. The number of methoxy groups -OCH3 is 1. The molecule has 0 amide bonds. The molecule has 8 heteroatoms. The monoisotopic (exact) mass is 295 g/mol. The number of thioether (sulfide) groups is 1. The summed E-state index contributed by atoms with van der Waals surface area (Å²) in [7, 11) is 1.04. The van der Waals surface area contributed by atoms with E-state index in [1.165, 1.54) is 0 Å². The molecule has 18 heavy (non-hydrogen) atoms. The summed E-state index contributed by atoms with van der Waals surface area (Å²) in [5.74, 6) is -0.951. The van der Waals surface area contributed by atoms with E-state index in [-0.39, 0.29) is 16.1 Å². The fourth-order valence-corrected chi connectivity index (χ4v) is 2.00. The Hall–Kier alpha value is -1.39. The standard InChI is InChI=1S/C10H5ClF3NO2S/c1-17-9(16)6-3-7(11)5(4-15)2-8(6)18-10(12,13)14/h2-3H,1H3. The first kappa shape index (κ1) is 14.7. The van der Waals surface area contributed by atoms with Gasteiger partial charge in [-0.2, -0.15) is 18.4 Å². The van der Waals surface area contributed by atoms with Crippen LogP contribution >= 0.6 is 23.4 Å². The van der Waals surface area contributed by atoms with E-state index in [1.807, 2.05) is 0 Å². The zero-order chi connectivity index (χ0) is 13.9. The van der Waals surface area contributed by atoms with Crippen molar-refractivity contribution in [3.63, 3.8) is 0 Å². The highest BCUT2D eigenvalue weighted by molar-refractivity contribution is 8.00. The number of nitriles is 1. The molecule has 1 aromatic carbocycles. The number of halogens is 4. The van der Waals surface area contributed by atoms with Gasteiger partial charge in [0.05, 0.1) is 23.3 Å². The predicted molar refractivity (Wildman–Crippen MR) is 59.4 cm³/mol. The second-order valence-electron chi connectivity index (χ2n) is 2.98. The van der Waals surface area contributed by atoms with E-state index in [4.69, 9.17) is 16.9 Å². The molecule has 0 aliphatic carbocycles. The number of hydrogen-bond acceptors (Lipinski definition) is 4. The summed E-state index contributed by atoms with van der Waals surface area (Å²) >= 11 is 5.15. The van der Waals surface area contributed by atoms with Crippen molar-refractivity contribution >= 4 is 29.3 Å². The summed E-state index contributed by atoms with van der Waals surface area (Å²) < 4.78 is 41.3. The van der Waals surface area contributed by atoms with Gasteiger partial charge in [0, 0.05) is 4.90 Å². The molecule has 0 heterocycles. The number of ether oxygens (including phenoxy) is 1. The molecule has 0 radical (unpaired) electrons. The minimum Gasteiger partial charge on any atom is -0.465 e. The minimum absolute atomic E-state index is 0.107. The van der Waals surface area contributed by atoms with Gasteiger partial charge in [0.15, 0.2) is 0 Å². The van der Waals surface area contributed by atoms with Crippen LogP contribution in [-0.4, -0.2) is 18.6 Å². The molecule has 0 aliphatic heterocycles. The third-order valence-electron chi connectivity index (χ3n) is 1.82. The number of esters is 1. The number of nitrogens with zero attached hydrogens (tertiary/aromatic N) is 1. The van der Waals surface area contributed by atoms with E-state index in [0.29, 0.717) is 0 Å². The Labute approximate surface area is 109 Å². The van der Waals surface area contributed by atoms with E-state index < -0.39 is 28.1 Å². The number of carbonyl (C=O) groups excluding carboxylic acids is 1. The fourth-order valence-electron chi connectivity index (χ4n) is 1.12. The summed E-state index contributed by atoms with van der Waals surface area (Å²) in [6, 6.07) is 3.54. The lowest BCUT2D eigenvalue weighted by Gasteiger charge is -2.11. The Balaban J connectivity index is 3.36. The number of hydrogen-bond donors (Lipinski definition) is 0. The molecule has 0 saturated heterocycles. The van der Waals surface area contributed by atoms with Gasteiger partial charge in [-0.1, -0.05) is 11.6 Å². The largest absolute Gasteiger partial charge is 0.465 e. The Morgan fingerprint density at radius 3 is 2.56 bits per heavy atom. The van der Waals surface area contributed by atoms with Crippen LogP contribution in [0.3, 0.4) is 0 Å². The Bertz CT molecular complexity index is 525. The van der Waals surface area contributed by atoms with E-state index in [0.717, 1.165) is 19.2 Å². The van der Waals surface area contributed by atoms with Crippen molar-refractivity contribution in [3.8, 4) is 6.07 Å². The fraction of sp³-hybridized carbons (Fsp3) is 0.200. The van der Waals surface area contributed by atoms with E-state index in [9.17, 15) is 18.0 Å². The molecule has 0 unspecified atom stereocenters. The lowest BCUT2D eigenvalue weighted by Crippen LogP contribution is -2.07. The smallest absolute Gasteiger partial charge is 0.446 e. The van der Waals surface area contributed by atoms with Crippen molar-refractivity contribution in [2.75, 3.05) is 7.11 Å². The summed E-state index contributed by atoms with van der Waals surface area (Å²) in [6.07, 6.45) is 0. The normalized spacial score (nSPS) is 10.9. The van der Waals surface area contributed by atoms with Crippen LogP contribution in [0.2, 0.25) is 5.02 Å². The first-order chi connectivity index (χ1) is 8.28. The van der Waals surface area contributed by atoms with Crippen LogP contribution < -0.4 is 0 Å². The van der Waals surface area contributed by atoms with Crippen molar-refractivity contribution in [3.05, 3.63) is 28.3 Å². The third kappa shape index (κ3) is 3.55. The summed E-state index contributed by atoms with van der Waals surface area (Å²) in [6.45, 7) is 0. The molecule has 0 N–H and O–H groups in total. The van der Waals surface area contributed by atoms with Gasteiger partial charge >= 0.3 is 11.5 Å². The Kier molecular flexibility index (Phi) is 4.48. The molecule has 3 nitrogen and oxygen atoms in total. The molecular weight excluding hydrogens is 291 g/mol. The van der Waals surface area contributed by atoms with Crippen LogP contribution in [0.15, 0.2) is 17.0 Å². The van der Waals surface area contributed by atoms with Gasteiger partial charge in [-0.15, -0.1) is 0 Å². The van der Waals surface area contributed by atoms with Crippen LogP contribution in [0.5, 0.6) is 0 Å². The average Bonchev–Trinajstić information content (AvgIpc) is 2.28. The van der Waals surface area contributed by atoms with Crippen LogP contribution in [0.4, 0.5) is 13.2 Å². The van der Waals surface area contributed by atoms with Gasteiger partial charge in [-0.3, -0.25) is 0 Å². The molecule has 1 rings (SSSR count). The van der Waals surface area contributed by atoms with Crippen LogP contribution in [0, 0.1) is 11.3 Å².